The molecule has 5 rings (SSSR count). The fourth-order valence-electron chi connectivity index (χ4n) is 4.00. The Morgan fingerprint density at radius 2 is 2.17 bits per heavy atom. The summed E-state index contributed by atoms with van der Waals surface area (Å²) in [5.74, 6) is 0.829. The zero-order valence-electron chi connectivity index (χ0n) is 17.1. The average Bonchev–Trinajstić information content (AvgIpc) is 3.35. The third-order valence-electron chi connectivity index (χ3n) is 5.50. The van der Waals surface area contributed by atoms with Crippen molar-refractivity contribution in [3.05, 3.63) is 40.0 Å². The molecule has 3 aromatic rings. The molecule has 30 heavy (non-hydrogen) atoms. The lowest BCUT2D eigenvalue weighted by Crippen LogP contribution is -2.41. The largest absolute Gasteiger partial charge is 0.339 e. The van der Waals surface area contributed by atoms with Crippen molar-refractivity contribution in [2.45, 2.75) is 24.4 Å². The number of thioether (sulfide) groups is 1. The van der Waals surface area contributed by atoms with Crippen LogP contribution in [0.3, 0.4) is 0 Å². The van der Waals surface area contributed by atoms with Crippen LogP contribution in [0.25, 0.3) is 10.2 Å². The number of nitrogens with one attached hydrogen (secondary N) is 1. The van der Waals surface area contributed by atoms with E-state index >= 15 is 0 Å². The first-order valence-corrected chi connectivity index (χ1v) is 11.8. The van der Waals surface area contributed by atoms with E-state index in [1.807, 2.05) is 11.1 Å². The Kier molecular flexibility index (Phi) is 4.86. The number of hydrogen-bond acceptors (Lipinski definition) is 7. The van der Waals surface area contributed by atoms with Crippen molar-refractivity contribution in [2.75, 3.05) is 32.2 Å². The van der Waals surface area contributed by atoms with Crippen molar-refractivity contribution in [2.24, 2.45) is 4.99 Å². The predicted molar refractivity (Wildman–Crippen MR) is 123 cm³/mol. The molecule has 0 saturated heterocycles. The van der Waals surface area contributed by atoms with Gasteiger partial charge in [0.25, 0.3) is 0 Å². The number of benzene rings is 1. The van der Waals surface area contributed by atoms with Gasteiger partial charge < -0.3 is 15.1 Å². The summed E-state index contributed by atoms with van der Waals surface area (Å²) in [4.78, 5) is 32.8. The molecule has 2 aromatic heterocycles. The smallest absolute Gasteiger partial charge is 0.319 e. The zero-order chi connectivity index (χ0) is 20.8. The van der Waals surface area contributed by atoms with Crippen molar-refractivity contribution >= 4 is 57.1 Å². The molecule has 9 heteroatoms. The van der Waals surface area contributed by atoms with Crippen LogP contribution >= 0.6 is 23.1 Å². The maximum absolute atomic E-state index is 12.4. The Labute approximate surface area is 183 Å². The summed E-state index contributed by atoms with van der Waals surface area (Å²) in [6, 6.07) is 4.41. The lowest BCUT2D eigenvalue weighted by atomic mass is 10.0. The summed E-state index contributed by atoms with van der Waals surface area (Å²) in [7, 11) is 3.59. The summed E-state index contributed by atoms with van der Waals surface area (Å²) in [5, 5.41) is 4.65. The molecule has 2 aliphatic heterocycles. The number of rotatable bonds is 3. The molecule has 2 aliphatic rings. The Hall–Kier alpha value is -2.65. The number of fused-ring (bicyclic) bond motifs is 4. The number of amides is 2. The molecule has 154 valence electrons. The molecule has 0 bridgehead atoms. The predicted octanol–water partition coefficient (Wildman–Crippen LogP) is 4.13. The number of carbonyl (C=O) groups is 1. The number of aromatic nitrogens is 2. The van der Waals surface area contributed by atoms with Crippen LogP contribution in [0.15, 0.2) is 28.3 Å². The van der Waals surface area contributed by atoms with E-state index in [-0.39, 0.29) is 6.03 Å². The van der Waals surface area contributed by atoms with E-state index in [0.717, 1.165) is 40.3 Å². The van der Waals surface area contributed by atoms with Crippen molar-refractivity contribution < 1.29 is 4.79 Å². The Balaban J connectivity index is 1.53. The first-order valence-electron chi connectivity index (χ1n) is 9.74. The molecule has 4 heterocycles. The minimum Gasteiger partial charge on any atom is -0.339 e. The van der Waals surface area contributed by atoms with Crippen LogP contribution in [0.5, 0.6) is 0 Å². The molecule has 7 nitrogen and oxygen atoms in total. The third-order valence-corrected chi connectivity index (χ3v) is 7.40. The Morgan fingerprint density at radius 1 is 1.30 bits per heavy atom. The topological polar surface area (TPSA) is 73.7 Å². The van der Waals surface area contributed by atoms with Crippen LogP contribution in [0.2, 0.25) is 0 Å². The molecule has 0 saturated carbocycles. The molecule has 0 atom stereocenters. The van der Waals surface area contributed by atoms with Gasteiger partial charge in [-0.25, -0.2) is 14.8 Å². The fourth-order valence-corrected chi connectivity index (χ4v) is 5.79. The minimum absolute atomic E-state index is 0.0481. The number of anilines is 2. The highest BCUT2D eigenvalue weighted by Crippen LogP contribution is 2.39. The fraction of sp³-hybridized carbons (Fsp3) is 0.333. The van der Waals surface area contributed by atoms with E-state index in [0.29, 0.717) is 13.1 Å². The second-order valence-electron chi connectivity index (χ2n) is 7.60. The van der Waals surface area contributed by atoms with Gasteiger partial charge in [-0.2, -0.15) is 0 Å². The van der Waals surface area contributed by atoms with E-state index < -0.39 is 0 Å². The molecule has 1 aromatic carbocycles. The molecule has 0 spiro atoms. The van der Waals surface area contributed by atoms with Gasteiger partial charge in [-0.1, -0.05) is 0 Å². The Morgan fingerprint density at radius 3 is 2.97 bits per heavy atom. The monoisotopic (exact) mass is 438 g/mol. The molecule has 0 radical (unpaired) electrons. The highest BCUT2D eigenvalue weighted by atomic mass is 32.2. The molecular formula is C21H22N6OS2. The molecule has 0 fully saturated rings. The van der Waals surface area contributed by atoms with Gasteiger partial charge in [0.05, 0.1) is 24.2 Å². The number of urea groups is 1. The van der Waals surface area contributed by atoms with Crippen molar-refractivity contribution in [1.29, 1.82) is 0 Å². The highest BCUT2D eigenvalue weighted by Gasteiger charge is 2.27. The van der Waals surface area contributed by atoms with Gasteiger partial charge >= 0.3 is 6.03 Å². The molecular weight excluding hydrogens is 416 g/mol. The van der Waals surface area contributed by atoms with Crippen LogP contribution in [-0.2, 0) is 19.5 Å². The highest BCUT2D eigenvalue weighted by molar-refractivity contribution is 7.98. The van der Waals surface area contributed by atoms with Crippen molar-refractivity contribution in [1.82, 2.24) is 19.8 Å². The average molecular weight is 439 g/mol. The molecule has 1 N–H and O–H groups in total. The first-order chi connectivity index (χ1) is 14.5. The van der Waals surface area contributed by atoms with Gasteiger partial charge in [-0.3, -0.25) is 4.99 Å². The maximum Gasteiger partial charge on any atom is 0.319 e. The third kappa shape index (κ3) is 3.22. The number of thiophene rings is 1. The molecule has 0 unspecified atom stereocenters. The van der Waals surface area contributed by atoms with Gasteiger partial charge in [0.1, 0.15) is 17.0 Å². The van der Waals surface area contributed by atoms with Gasteiger partial charge in [-0.05, 0) is 41.5 Å². The summed E-state index contributed by atoms with van der Waals surface area (Å²) in [6.07, 6.45) is 6.44. The first kappa shape index (κ1) is 19.3. The lowest BCUT2D eigenvalue weighted by Gasteiger charge is -2.29. The zero-order valence-corrected chi connectivity index (χ0v) is 18.7. The summed E-state index contributed by atoms with van der Waals surface area (Å²) in [6.45, 7) is 2.08. The number of nitrogens with zero attached hydrogens (tertiary/aromatic N) is 5. The summed E-state index contributed by atoms with van der Waals surface area (Å²) >= 11 is 3.37. The van der Waals surface area contributed by atoms with Crippen molar-refractivity contribution in [3.63, 3.8) is 0 Å². The molecule has 2 amide bonds. The van der Waals surface area contributed by atoms with E-state index in [1.54, 1.807) is 48.4 Å². The van der Waals surface area contributed by atoms with Crippen LogP contribution in [0.4, 0.5) is 16.3 Å². The SMILES string of the molecule is CSc1cc2c(cc1Nc1ncnc3sc4c(c13)CCN(C(=O)N(C)C)C4)C=NC2. The van der Waals surface area contributed by atoms with Crippen LogP contribution in [-0.4, -0.2) is 58.9 Å². The second-order valence-corrected chi connectivity index (χ2v) is 9.53. The normalized spacial score (nSPS) is 14.7. The van der Waals surface area contributed by atoms with Gasteiger partial charge in [0.15, 0.2) is 0 Å². The van der Waals surface area contributed by atoms with E-state index in [9.17, 15) is 4.79 Å². The van der Waals surface area contributed by atoms with E-state index in [4.69, 9.17) is 0 Å². The van der Waals surface area contributed by atoms with Crippen molar-refractivity contribution in [3.8, 4) is 0 Å². The van der Waals surface area contributed by atoms with E-state index in [1.165, 1.54) is 20.9 Å². The molecule has 0 aliphatic carbocycles. The Bertz CT molecular complexity index is 1190. The summed E-state index contributed by atoms with van der Waals surface area (Å²) in [5.41, 5.74) is 4.71. The lowest BCUT2D eigenvalue weighted by molar-refractivity contribution is 0.166. The minimum atomic E-state index is 0.0481. The van der Waals surface area contributed by atoms with Gasteiger partial charge in [0.2, 0.25) is 0 Å². The van der Waals surface area contributed by atoms with Crippen LogP contribution < -0.4 is 5.32 Å². The van der Waals surface area contributed by atoms with E-state index in [2.05, 4.69) is 38.7 Å². The summed E-state index contributed by atoms with van der Waals surface area (Å²) < 4.78 is 0. The number of carbonyl (C=O) groups excluding carboxylic acids is 1. The van der Waals surface area contributed by atoms with Crippen LogP contribution in [0, 0.1) is 0 Å². The van der Waals surface area contributed by atoms with Gasteiger partial charge in [0, 0.05) is 36.6 Å². The van der Waals surface area contributed by atoms with Crippen LogP contribution in [0.1, 0.15) is 21.6 Å². The number of aliphatic imine (C=N–C) groups is 1. The quantitative estimate of drug-likeness (QED) is 0.623. The van der Waals surface area contributed by atoms with Gasteiger partial charge in [-0.15, -0.1) is 23.1 Å². The second kappa shape index (κ2) is 7.55. The number of hydrogen-bond donors (Lipinski definition) is 1. The standard InChI is InChI=1S/C21H22N6OS2/c1-26(2)21(28)27-5-4-14-17(10-27)30-20-18(14)19(23-11-24-20)25-15-6-12-8-22-9-13(12)7-16(15)29-3/h6-8,11H,4-5,9-10H2,1-3H3,(H,23,24,25). The maximum atomic E-state index is 12.4.